The molecule has 8 heteroatoms. The summed E-state index contributed by atoms with van der Waals surface area (Å²) in [6, 6.07) is 5.84. The molecule has 0 aliphatic heterocycles. The zero-order chi connectivity index (χ0) is 13.7. The van der Waals surface area contributed by atoms with Crippen LogP contribution in [-0.4, -0.2) is 40.5 Å². The van der Waals surface area contributed by atoms with Gasteiger partial charge in [-0.1, -0.05) is 6.07 Å². The van der Waals surface area contributed by atoms with Crippen molar-refractivity contribution in [3.05, 3.63) is 33.0 Å². The molecule has 1 heterocycles. The van der Waals surface area contributed by atoms with Gasteiger partial charge < -0.3 is 10.1 Å². The number of halogens is 2. The lowest BCUT2D eigenvalue weighted by Crippen LogP contribution is -2.21. The van der Waals surface area contributed by atoms with Crippen LogP contribution in [0.15, 0.2) is 27.1 Å². The summed E-state index contributed by atoms with van der Waals surface area (Å²) in [5.41, 5.74) is 0.885. The van der Waals surface area contributed by atoms with Crippen LogP contribution in [0.5, 0.6) is 0 Å². The van der Waals surface area contributed by atoms with Crippen molar-refractivity contribution in [1.29, 1.82) is 0 Å². The molecule has 1 aromatic heterocycles. The highest BCUT2D eigenvalue weighted by Crippen LogP contribution is 2.28. The number of methoxy groups -OCH3 is 1. The molecular formula is C11H13Br2N5O. The number of nitrogens with one attached hydrogen (secondary N) is 1. The fourth-order valence-electron chi connectivity index (χ4n) is 1.56. The minimum Gasteiger partial charge on any atom is -0.383 e. The minimum atomic E-state index is 0.574. The first kappa shape index (κ1) is 14.6. The molecule has 6 nitrogen and oxygen atoms in total. The Labute approximate surface area is 127 Å². The van der Waals surface area contributed by atoms with E-state index < -0.39 is 0 Å². The molecule has 2 aromatic rings. The van der Waals surface area contributed by atoms with Gasteiger partial charge in [0, 0.05) is 22.6 Å². The third-order valence-corrected chi connectivity index (χ3v) is 3.73. The van der Waals surface area contributed by atoms with Crippen LogP contribution in [0.2, 0.25) is 0 Å². The zero-order valence-electron chi connectivity index (χ0n) is 10.3. The van der Waals surface area contributed by atoms with Gasteiger partial charge in [0.05, 0.1) is 18.8 Å². The van der Waals surface area contributed by atoms with Gasteiger partial charge in [0.2, 0.25) is 0 Å². The molecule has 19 heavy (non-hydrogen) atoms. The summed E-state index contributed by atoms with van der Waals surface area (Å²) in [6.45, 7) is 1.98. The molecule has 0 aliphatic rings. The average Bonchev–Trinajstić information content (AvgIpc) is 2.83. The van der Waals surface area contributed by atoms with Crippen molar-refractivity contribution in [3.8, 4) is 5.69 Å². The van der Waals surface area contributed by atoms with E-state index >= 15 is 0 Å². The van der Waals surface area contributed by atoms with Crippen molar-refractivity contribution in [1.82, 2.24) is 25.5 Å². The predicted octanol–water partition coefficient (Wildman–Crippen LogP) is 1.92. The summed E-state index contributed by atoms with van der Waals surface area (Å²) >= 11 is 7.02. The molecule has 2 rings (SSSR count). The molecule has 1 aromatic carbocycles. The van der Waals surface area contributed by atoms with Crippen LogP contribution in [0.4, 0.5) is 0 Å². The predicted molar refractivity (Wildman–Crippen MR) is 78.1 cm³/mol. The van der Waals surface area contributed by atoms with Gasteiger partial charge in [0.15, 0.2) is 5.82 Å². The lowest BCUT2D eigenvalue weighted by Gasteiger charge is -2.09. The van der Waals surface area contributed by atoms with Gasteiger partial charge >= 0.3 is 0 Å². The Morgan fingerprint density at radius 1 is 1.32 bits per heavy atom. The number of ether oxygens (including phenoxy) is 1. The van der Waals surface area contributed by atoms with Crippen molar-refractivity contribution in [2.75, 3.05) is 20.3 Å². The Kier molecular flexibility index (Phi) is 5.44. The quantitative estimate of drug-likeness (QED) is 0.763. The van der Waals surface area contributed by atoms with Crippen LogP contribution in [-0.2, 0) is 11.3 Å². The fraction of sp³-hybridized carbons (Fsp3) is 0.364. The standard InChI is InChI=1S/C11H13Br2N5O/c1-19-6-5-14-7-10-15-16-17-18(10)11-8(12)3-2-4-9(11)13/h2-4,14H,5-7H2,1H3. The number of tetrazole rings is 1. The molecule has 0 fully saturated rings. The molecule has 0 saturated heterocycles. The maximum Gasteiger partial charge on any atom is 0.170 e. The van der Waals surface area contributed by atoms with Crippen molar-refractivity contribution in [3.63, 3.8) is 0 Å². The van der Waals surface area contributed by atoms with E-state index in [0.717, 1.165) is 27.0 Å². The molecule has 0 atom stereocenters. The lowest BCUT2D eigenvalue weighted by atomic mass is 10.3. The van der Waals surface area contributed by atoms with Crippen LogP contribution < -0.4 is 5.32 Å². The molecule has 0 amide bonds. The first-order valence-corrected chi connectivity index (χ1v) is 7.24. The highest BCUT2D eigenvalue weighted by Gasteiger charge is 2.13. The number of benzene rings is 1. The number of hydrogen-bond donors (Lipinski definition) is 1. The SMILES string of the molecule is COCCNCc1nnnn1-c1c(Br)cccc1Br. The van der Waals surface area contributed by atoms with Gasteiger partial charge in [-0.05, 0) is 54.4 Å². The van der Waals surface area contributed by atoms with Gasteiger partial charge in [-0.2, -0.15) is 4.68 Å². The van der Waals surface area contributed by atoms with Crippen LogP contribution >= 0.6 is 31.9 Å². The zero-order valence-corrected chi connectivity index (χ0v) is 13.5. The summed E-state index contributed by atoms with van der Waals surface area (Å²) in [5, 5.41) is 15.0. The van der Waals surface area contributed by atoms with Crippen molar-refractivity contribution in [2.24, 2.45) is 0 Å². The highest BCUT2D eigenvalue weighted by atomic mass is 79.9. The normalized spacial score (nSPS) is 10.9. The molecule has 0 saturated carbocycles. The maximum atomic E-state index is 4.98. The van der Waals surface area contributed by atoms with Gasteiger partial charge in [0.1, 0.15) is 0 Å². The van der Waals surface area contributed by atoms with Gasteiger partial charge in [-0.3, -0.25) is 0 Å². The Bertz CT molecular complexity index is 525. The molecule has 0 spiro atoms. The second kappa shape index (κ2) is 7.09. The monoisotopic (exact) mass is 389 g/mol. The van der Waals surface area contributed by atoms with E-state index in [4.69, 9.17) is 4.74 Å². The summed E-state index contributed by atoms with van der Waals surface area (Å²) in [7, 11) is 1.67. The van der Waals surface area contributed by atoms with Gasteiger partial charge in [0.25, 0.3) is 0 Å². The summed E-state index contributed by atoms with van der Waals surface area (Å²) in [5.74, 6) is 0.740. The molecule has 102 valence electrons. The second-order valence-corrected chi connectivity index (χ2v) is 5.46. The first-order valence-electron chi connectivity index (χ1n) is 5.65. The van der Waals surface area contributed by atoms with Gasteiger partial charge in [-0.15, -0.1) is 5.10 Å². The molecular weight excluding hydrogens is 378 g/mol. The van der Waals surface area contributed by atoms with Crippen LogP contribution in [0.1, 0.15) is 5.82 Å². The molecule has 0 bridgehead atoms. The second-order valence-electron chi connectivity index (χ2n) is 3.75. The van der Waals surface area contributed by atoms with E-state index in [1.807, 2.05) is 18.2 Å². The third-order valence-electron chi connectivity index (χ3n) is 2.45. The number of rotatable bonds is 6. The van der Waals surface area contributed by atoms with Crippen molar-refractivity contribution >= 4 is 31.9 Å². The van der Waals surface area contributed by atoms with Crippen molar-refractivity contribution < 1.29 is 4.74 Å². The first-order chi connectivity index (χ1) is 9.24. The maximum absolute atomic E-state index is 4.98. The summed E-state index contributed by atoms with van der Waals surface area (Å²) in [6.07, 6.45) is 0. The third kappa shape index (κ3) is 3.59. The molecule has 0 aliphatic carbocycles. The topological polar surface area (TPSA) is 64.9 Å². The Balaban J connectivity index is 2.19. The van der Waals surface area contributed by atoms with Crippen LogP contribution in [0.25, 0.3) is 5.69 Å². The highest BCUT2D eigenvalue weighted by molar-refractivity contribution is 9.11. The van der Waals surface area contributed by atoms with Crippen LogP contribution in [0.3, 0.4) is 0 Å². The lowest BCUT2D eigenvalue weighted by molar-refractivity contribution is 0.199. The number of hydrogen-bond acceptors (Lipinski definition) is 5. The Morgan fingerprint density at radius 2 is 2.05 bits per heavy atom. The van der Waals surface area contributed by atoms with E-state index in [1.54, 1.807) is 11.8 Å². The summed E-state index contributed by atoms with van der Waals surface area (Å²) in [4.78, 5) is 0. The van der Waals surface area contributed by atoms with E-state index in [2.05, 4.69) is 52.7 Å². The number of aromatic nitrogens is 4. The molecule has 0 radical (unpaired) electrons. The van der Waals surface area contributed by atoms with Crippen molar-refractivity contribution in [2.45, 2.75) is 6.54 Å². The average molecular weight is 391 g/mol. The van der Waals surface area contributed by atoms with E-state index in [0.29, 0.717) is 13.2 Å². The summed E-state index contributed by atoms with van der Waals surface area (Å²) < 4.78 is 8.53. The van der Waals surface area contributed by atoms with Crippen LogP contribution in [0, 0.1) is 0 Å². The number of nitrogens with zero attached hydrogens (tertiary/aromatic N) is 4. The van der Waals surface area contributed by atoms with Gasteiger partial charge in [-0.25, -0.2) is 0 Å². The number of para-hydroxylation sites is 1. The molecule has 0 unspecified atom stereocenters. The fourth-order valence-corrected chi connectivity index (χ4v) is 2.89. The van der Waals surface area contributed by atoms with E-state index in [1.165, 1.54) is 0 Å². The smallest absolute Gasteiger partial charge is 0.170 e. The molecule has 1 N–H and O–H groups in total. The largest absolute Gasteiger partial charge is 0.383 e. The van der Waals surface area contributed by atoms with E-state index in [9.17, 15) is 0 Å². The minimum absolute atomic E-state index is 0.574. The van der Waals surface area contributed by atoms with E-state index in [-0.39, 0.29) is 0 Å². The Morgan fingerprint density at radius 3 is 2.74 bits per heavy atom. The Hall–Kier alpha value is -0.830.